The topological polar surface area (TPSA) is 32.3 Å². The van der Waals surface area contributed by atoms with E-state index < -0.39 is 0 Å². The molecule has 2 N–H and O–H groups in total. The average molecular weight is 213 g/mol. The second-order valence-electron chi connectivity index (χ2n) is 3.49. The second-order valence-corrected chi connectivity index (χ2v) is 4.52. The molecule has 1 atom stereocenters. The van der Waals surface area contributed by atoms with E-state index in [0.717, 1.165) is 25.9 Å². The largest absolute Gasteiger partial charge is 0.396 e. The SMILES string of the molecule is CCC(CO)CNCCc1cccs1. The van der Waals surface area contributed by atoms with Crippen LogP contribution in [-0.2, 0) is 6.42 Å². The van der Waals surface area contributed by atoms with Crippen molar-refractivity contribution in [3.63, 3.8) is 0 Å². The molecule has 0 saturated heterocycles. The Morgan fingerprint density at radius 2 is 2.43 bits per heavy atom. The van der Waals surface area contributed by atoms with Gasteiger partial charge >= 0.3 is 0 Å². The molecule has 0 aliphatic heterocycles. The number of aliphatic hydroxyl groups is 1. The highest BCUT2D eigenvalue weighted by atomic mass is 32.1. The zero-order valence-corrected chi connectivity index (χ0v) is 9.52. The molecule has 0 aromatic carbocycles. The summed E-state index contributed by atoms with van der Waals surface area (Å²) in [4.78, 5) is 1.43. The first kappa shape index (κ1) is 11.7. The van der Waals surface area contributed by atoms with Gasteiger partial charge < -0.3 is 10.4 Å². The van der Waals surface area contributed by atoms with Gasteiger partial charge in [-0.3, -0.25) is 0 Å². The van der Waals surface area contributed by atoms with Crippen molar-refractivity contribution in [1.82, 2.24) is 5.32 Å². The normalized spacial score (nSPS) is 13.0. The maximum atomic E-state index is 8.97. The highest BCUT2D eigenvalue weighted by Crippen LogP contribution is 2.08. The van der Waals surface area contributed by atoms with Crippen LogP contribution >= 0.6 is 11.3 Å². The van der Waals surface area contributed by atoms with Gasteiger partial charge in [-0.05, 0) is 36.8 Å². The lowest BCUT2D eigenvalue weighted by atomic mass is 10.1. The molecule has 2 nitrogen and oxygen atoms in total. The van der Waals surface area contributed by atoms with Crippen molar-refractivity contribution in [2.75, 3.05) is 19.7 Å². The molecule has 0 aliphatic rings. The standard InChI is InChI=1S/C11H19NOS/c1-2-10(9-13)8-12-6-5-11-4-3-7-14-11/h3-4,7,10,12-13H,2,5-6,8-9H2,1H3. The van der Waals surface area contributed by atoms with Gasteiger partial charge in [0, 0.05) is 18.0 Å². The van der Waals surface area contributed by atoms with E-state index in [0.29, 0.717) is 12.5 Å². The predicted molar refractivity (Wildman–Crippen MR) is 61.8 cm³/mol. The van der Waals surface area contributed by atoms with Crippen LogP contribution in [-0.4, -0.2) is 24.8 Å². The van der Waals surface area contributed by atoms with Crippen molar-refractivity contribution in [2.45, 2.75) is 19.8 Å². The third-order valence-electron chi connectivity index (χ3n) is 2.40. The van der Waals surface area contributed by atoms with Gasteiger partial charge in [0.2, 0.25) is 0 Å². The summed E-state index contributed by atoms with van der Waals surface area (Å²) < 4.78 is 0. The molecule has 0 aliphatic carbocycles. The van der Waals surface area contributed by atoms with Gasteiger partial charge in [0.15, 0.2) is 0 Å². The summed E-state index contributed by atoms with van der Waals surface area (Å²) in [5.74, 6) is 0.415. The molecular formula is C11H19NOS. The molecule has 1 heterocycles. The lowest BCUT2D eigenvalue weighted by Crippen LogP contribution is -2.26. The minimum Gasteiger partial charge on any atom is -0.396 e. The van der Waals surface area contributed by atoms with E-state index in [1.807, 2.05) is 0 Å². The molecule has 3 heteroatoms. The van der Waals surface area contributed by atoms with Gasteiger partial charge in [0.1, 0.15) is 0 Å². The fraction of sp³-hybridized carbons (Fsp3) is 0.636. The van der Waals surface area contributed by atoms with Gasteiger partial charge in [0.25, 0.3) is 0 Å². The fourth-order valence-electron chi connectivity index (χ4n) is 1.31. The Morgan fingerprint density at radius 3 is 3.00 bits per heavy atom. The molecule has 0 amide bonds. The first-order valence-corrected chi connectivity index (χ1v) is 6.08. The van der Waals surface area contributed by atoms with Gasteiger partial charge in [-0.1, -0.05) is 13.0 Å². The van der Waals surface area contributed by atoms with Crippen molar-refractivity contribution >= 4 is 11.3 Å². The minimum absolute atomic E-state index is 0.294. The Bertz CT molecular complexity index is 219. The molecule has 0 saturated carbocycles. The lowest BCUT2D eigenvalue weighted by Gasteiger charge is -2.11. The van der Waals surface area contributed by atoms with E-state index in [-0.39, 0.29) is 0 Å². The summed E-state index contributed by atoms with van der Waals surface area (Å²) in [6, 6.07) is 4.25. The third-order valence-corrected chi connectivity index (χ3v) is 3.33. The van der Waals surface area contributed by atoms with Gasteiger partial charge in [-0.2, -0.15) is 0 Å². The minimum atomic E-state index is 0.294. The number of rotatable bonds is 7. The van der Waals surface area contributed by atoms with Crippen LogP contribution in [0.3, 0.4) is 0 Å². The van der Waals surface area contributed by atoms with Gasteiger partial charge in [-0.25, -0.2) is 0 Å². The summed E-state index contributed by atoms with van der Waals surface area (Å²) in [5, 5.41) is 14.5. The van der Waals surface area contributed by atoms with Crippen LogP contribution in [0.1, 0.15) is 18.2 Å². The Morgan fingerprint density at radius 1 is 1.57 bits per heavy atom. The van der Waals surface area contributed by atoms with Crippen molar-refractivity contribution < 1.29 is 5.11 Å². The third kappa shape index (κ3) is 4.22. The van der Waals surface area contributed by atoms with E-state index in [2.05, 4.69) is 29.8 Å². The van der Waals surface area contributed by atoms with E-state index in [1.165, 1.54) is 4.88 Å². The van der Waals surface area contributed by atoms with Crippen molar-refractivity contribution in [3.05, 3.63) is 22.4 Å². The zero-order chi connectivity index (χ0) is 10.2. The Labute approximate surface area is 90.0 Å². The van der Waals surface area contributed by atoms with Crippen molar-refractivity contribution in [2.24, 2.45) is 5.92 Å². The summed E-state index contributed by atoms with van der Waals surface area (Å²) >= 11 is 1.80. The van der Waals surface area contributed by atoms with Gasteiger partial charge in [-0.15, -0.1) is 11.3 Å². The van der Waals surface area contributed by atoms with Crippen LogP contribution in [0, 0.1) is 5.92 Å². The monoisotopic (exact) mass is 213 g/mol. The van der Waals surface area contributed by atoms with E-state index in [4.69, 9.17) is 5.11 Å². The van der Waals surface area contributed by atoms with Crippen LogP contribution in [0.25, 0.3) is 0 Å². The number of hydrogen-bond acceptors (Lipinski definition) is 3. The molecule has 1 rings (SSSR count). The molecule has 0 fully saturated rings. The molecule has 1 aromatic rings. The summed E-state index contributed by atoms with van der Waals surface area (Å²) in [5.41, 5.74) is 0. The van der Waals surface area contributed by atoms with Gasteiger partial charge in [0.05, 0.1) is 0 Å². The molecule has 1 aromatic heterocycles. The lowest BCUT2D eigenvalue weighted by molar-refractivity contribution is 0.219. The van der Waals surface area contributed by atoms with E-state index >= 15 is 0 Å². The summed E-state index contributed by atoms with van der Waals surface area (Å²) in [7, 11) is 0. The first-order chi connectivity index (χ1) is 6.86. The molecule has 0 bridgehead atoms. The van der Waals surface area contributed by atoms with Crippen LogP contribution in [0.15, 0.2) is 17.5 Å². The molecule has 80 valence electrons. The van der Waals surface area contributed by atoms with E-state index in [9.17, 15) is 0 Å². The van der Waals surface area contributed by atoms with E-state index in [1.54, 1.807) is 11.3 Å². The molecule has 14 heavy (non-hydrogen) atoms. The maximum absolute atomic E-state index is 8.97. The van der Waals surface area contributed by atoms with Crippen LogP contribution < -0.4 is 5.32 Å². The smallest absolute Gasteiger partial charge is 0.0471 e. The van der Waals surface area contributed by atoms with Crippen molar-refractivity contribution in [1.29, 1.82) is 0 Å². The highest BCUT2D eigenvalue weighted by molar-refractivity contribution is 7.09. The zero-order valence-electron chi connectivity index (χ0n) is 8.70. The maximum Gasteiger partial charge on any atom is 0.0471 e. The van der Waals surface area contributed by atoms with Crippen LogP contribution in [0.4, 0.5) is 0 Å². The molecular weight excluding hydrogens is 194 g/mol. The molecule has 0 radical (unpaired) electrons. The fourth-order valence-corrected chi connectivity index (χ4v) is 2.02. The Hall–Kier alpha value is -0.380. The average Bonchev–Trinajstić information content (AvgIpc) is 2.71. The Kier molecular flexibility index (Phi) is 5.83. The van der Waals surface area contributed by atoms with Crippen LogP contribution in [0.5, 0.6) is 0 Å². The summed E-state index contributed by atoms with van der Waals surface area (Å²) in [6.45, 7) is 4.35. The number of aliphatic hydroxyl groups excluding tert-OH is 1. The number of nitrogens with one attached hydrogen (secondary N) is 1. The first-order valence-electron chi connectivity index (χ1n) is 5.20. The molecule has 1 unspecified atom stereocenters. The number of hydrogen-bond donors (Lipinski definition) is 2. The van der Waals surface area contributed by atoms with Crippen LogP contribution in [0.2, 0.25) is 0 Å². The summed E-state index contributed by atoms with van der Waals surface area (Å²) in [6.07, 6.45) is 2.14. The molecule has 0 spiro atoms. The second kappa shape index (κ2) is 6.98. The van der Waals surface area contributed by atoms with Crippen molar-refractivity contribution in [3.8, 4) is 0 Å². The predicted octanol–water partition coefficient (Wildman–Crippen LogP) is 1.90. The number of thiophene rings is 1. The quantitative estimate of drug-likeness (QED) is 0.678. The highest BCUT2D eigenvalue weighted by Gasteiger charge is 2.02. The Balaban J connectivity index is 2.04.